The van der Waals surface area contributed by atoms with Crippen molar-refractivity contribution in [1.29, 1.82) is 0 Å². The molecule has 0 saturated heterocycles. The minimum Gasteiger partial charge on any atom is -0.304 e. The maximum absolute atomic E-state index is 3.89. The number of hydrogen-bond acceptors (Lipinski definition) is 2. The van der Waals surface area contributed by atoms with Crippen molar-refractivity contribution in [3.05, 3.63) is 71.8 Å². The average molecular weight is 395 g/mol. The zero-order chi connectivity index (χ0) is 21.1. The second kappa shape index (κ2) is 12.1. The number of hydrogen-bond donors (Lipinski definition) is 2. The van der Waals surface area contributed by atoms with Crippen molar-refractivity contribution >= 4 is 0 Å². The molecule has 3 atom stereocenters. The van der Waals surface area contributed by atoms with Crippen LogP contribution in [0.5, 0.6) is 0 Å². The van der Waals surface area contributed by atoms with Gasteiger partial charge in [0.05, 0.1) is 6.17 Å². The number of nitrogens with one attached hydrogen (secondary N) is 2. The Morgan fingerprint density at radius 3 is 2.00 bits per heavy atom. The highest BCUT2D eigenvalue weighted by atomic mass is 15.1. The molecule has 0 amide bonds. The molecule has 2 rings (SSSR count). The van der Waals surface area contributed by atoms with E-state index in [0.29, 0.717) is 12.0 Å². The molecule has 0 spiro atoms. The molecule has 0 saturated carbocycles. The van der Waals surface area contributed by atoms with Crippen LogP contribution in [0.1, 0.15) is 70.9 Å². The van der Waals surface area contributed by atoms with Gasteiger partial charge in [0.25, 0.3) is 0 Å². The number of aryl methyl sites for hydroxylation is 1. The molecule has 0 bridgehead atoms. The van der Waals surface area contributed by atoms with Crippen molar-refractivity contribution in [2.45, 2.75) is 83.8 Å². The molecule has 29 heavy (non-hydrogen) atoms. The van der Waals surface area contributed by atoms with E-state index >= 15 is 0 Å². The molecule has 0 aliphatic rings. The van der Waals surface area contributed by atoms with Gasteiger partial charge in [0.15, 0.2) is 0 Å². The van der Waals surface area contributed by atoms with E-state index in [4.69, 9.17) is 0 Å². The van der Waals surface area contributed by atoms with E-state index in [1.54, 1.807) is 0 Å². The Labute approximate surface area is 179 Å². The Morgan fingerprint density at radius 2 is 1.45 bits per heavy atom. The zero-order valence-electron chi connectivity index (χ0n) is 19.2. The van der Waals surface area contributed by atoms with Gasteiger partial charge in [0.2, 0.25) is 0 Å². The number of likely N-dealkylation sites (N-methyl/N-ethyl adjacent to an activating group) is 1. The molecule has 2 aromatic carbocycles. The third kappa shape index (κ3) is 6.42. The Kier molecular flexibility index (Phi) is 9.90. The lowest BCUT2D eigenvalue weighted by atomic mass is 9.65. The molecular formula is C27H42N2. The molecule has 0 radical (unpaired) electrons. The summed E-state index contributed by atoms with van der Waals surface area (Å²) in [6.07, 6.45) is 7.55. The van der Waals surface area contributed by atoms with Crippen LogP contribution in [-0.2, 0) is 11.8 Å². The first-order valence-corrected chi connectivity index (χ1v) is 11.6. The van der Waals surface area contributed by atoms with Crippen molar-refractivity contribution in [1.82, 2.24) is 10.6 Å². The normalized spacial score (nSPS) is 15.8. The lowest BCUT2D eigenvalue weighted by molar-refractivity contribution is 0.161. The predicted molar refractivity (Wildman–Crippen MR) is 127 cm³/mol. The fraction of sp³-hybridized carbons (Fsp3) is 0.556. The summed E-state index contributed by atoms with van der Waals surface area (Å²) in [5.74, 6) is 0.535. The quantitative estimate of drug-likeness (QED) is 0.307. The van der Waals surface area contributed by atoms with E-state index in [0.717, 1.165) is 6.42 Å². The SMILES string of the molecule is CCC(C)NC(NC)C(CCCCCc1ccccc1)(c1ccccc1)C(C)C. The van der Waals surface area contributed by atoms with Gasteiger partial charge in [-0.2, -0.15) is 0 Å². The topological polar surface area (TPSA) is 24.1 Å². The zero-order valence-corrected chi connectivity index (χ0v) is 19.2. The first kappa shape index (κ1) is 23.6. The maximum Gasteiger partial charge on any atom is 0.0673 e. The second-order valence-electron chi connectivity index (χ2n) is 8.81. The average Bonchev–Trinajstić information content (AvgIpc) is 2.76. The molecular weight excluding hydrogens is 352 g/mol. The van der Waals surface area contributed by atoms with Crippen molar-refractivity contribution in [3.63, 3.8) is 0 Å². The smallest absolute Gasteiger partial charge is 0.0673 e. The largest absolute Gasteiger partial charge is 0.304 e. The summed E-state index contributed by atoms with van der Waals surface area (Å²) in [4.78, 5) is 0. The van der Waals surface area contributed by atoms with E-state index in [9.17, 15) is 0 Å². The molecule has 3 unspecified atom stereocenters. The van der Waals surface area contributed by atoms with Gasteiger partial charge in [-0.3, -0.25) is 5.32 Å². The molecule has 0 aliphatic heterocycles. The summed E-state index contributed by atoms with van der Waals surface area (Å²) < 4.78 is 0. The van der Waals surface area contributed by atoms with Gasteiger partial charge >= 0.3 is 0 Å². The van der Waals surface area contributed by atoms with Crippen molar-refractivity contribution in [2.24, 2.45) is 5.92 Å². The van der Waals surface area contributed by atoms with Crippen LogP contribution in [0.3, 0.4) is 0 Å². The molecule has 2 N–H and O–H groups in total. The van der Waals surface area contributed by atoms with E-state index in [1.807, 2.05) is 0 Å². The monoisotopic (exact) mass is 394 g/mol. The highest BCUT2D eigenvalue weighted by Crippen LogP contribution is 2.40. The third-order valence-corrected chi connectivity index (χ3v) is 6.61. The van der Waals surface area contributed by atoms with Crippen LogP contribution in [0.4, 0.5) is 0 Å². The van der Waals surface area contributed by atoms with Crippen LogP contribution in [0, 0.1) is 5.92 Å². The summed E-state index contributed by atoms with van der Waals surface area (Å²) in [6, 6.07) is 22.5. The third-order valence-electron chi connectivity index (χ3n) is 6.61. The van der Waals surface area contributed by atoms with Crippen LogP contribution in [0.15, 0.2) is 60.7 Å². The molecule has 2 heteroatoms. The summed E-state index contributed by atoms with van der Waals surface area (Å²) in [7, 11) is 2.11. The molecule has 0 aliphatic carbocycles. The summed E-state index contributed by atoms with van der Waals surface area (Å²) in [5.41, 5.74) is 2.98. The fourth-order valence-electron chi connectivity index (χ4n) is 4.62. The van der Waals surface area contributed by atoms with Crippen LogP contribution < -0.4 is 10.6 Å². The highest BCUT2D eigenvalue weighted by Gasteiger charge is 2.42. The first-order valence-electron chi connectivity index (χ1n) is 11.6. The van der Waals surface area contributed by atoms with Gasteiger partial charge in [-0.15, -0.1) is 0 Å². The van der Waals surface area contributed by atoms with Crippen molar-refractivity contribution < 1.29 is 0 Å². The molecule has 160 valence electrons. The minimum absolute atomic E-state index is 0.0756. The standard InChI is InChI=1S/C27H42N2/c1-6-23(4)29-26(28-5)27(22(2)3,25-19-13-8-14-20-25)21-15-9-12-18-24-16-10-7-11-17-24/h7-8,10-11,13-14,16-17,19-20,22-23,26,28-29H,6,9,12,15,18,21H2,1-5H3. The lowest BCUT2D eigenvalue weighted by Gasteiger charge is -2.46. The Bertz CT molecular complexity index is 667. The predicted octanol–water partition coefficient (Wildman–Crippen LogP) is 6.32. The summed E-state index contributed by atoms with van der Waals surface area (Å²) >= 11 is 0. The van der Waals surface area contributed by atoms with Gasteiger partial charge in [-0.05, 0) is 56.7 Å². The van der Waals surface area contributed by atoms with E-state index in [1.165, 1.54) is 43.2 Å². The van der Waals surface area contributed by atoms with Crippen LogP contribution in [0.25, 0.3) is 0 Å². The van der Waals surface area contributed by atoms with Crippen molar-refractivity contribution in [3.8, 4) is 0 Å². The summed E-state index contributed by atoms with van der Waals surface area (Å²) in [5, 5.41) is 7.54. The fourth-order valence-corrected chi connectivity index (χ4v) is 4.62. The number of benzene rings is 2. The number of rotatable bonds is 13. The molecule has 2 aromatic rings. The van der Waals surface area contributed by atoms with Crippen LogP contribution >= 0.6 is 0 Å². The lowest BCUT2D eigenvalue weighted by Crippen LogP contribution is -2.60. The van der Waals surface area contributed by atoms with Gasteiger partial charge in [-0.25, -0.2) is 0 Å². The molecule has 0 heterocycles. The Balaban J connectivity index is 2.14. The molecule has 2 nitrogen and oxygen atoms in total. The van der Waals surface area contributed by atoms with Gasteiger partial charge in [0, 0.05) is 11.5 Å². The van der Waals surface area contributed by atoms with Crippen LogP contribution in [0.2, 0.25) is 0 Å². The molecule has 0 fully saturated rings. The Morgan fingerprint density at radius 1 is 0.828 bits per heavy atom. The van der Waals surface area contributed by atoms with E-state index in [-0.39, 0.29) is 11.6 Å². The minimum atomic E-state index is 0.0756. The van der Waals surface area contributed by atoms with Crippen molar-refractivity contribution in [2.75, 3.05) is 7.05 Å². The highest BCUT2D eigenvalue weighted by molar-refractivity contribution is 5.29. The van der Waals surface area contributed by atoms with Gasteiger partial charge in [-0.1, -0.05) is 94.3 Å². The first-order chi connectivity index (χ1) is 14.0. The van der Waals surface area contributed by atoms with Crippen LogP contribution in [-0.4, -0.2) is 19.3 Å². The van der Waals surface area contributed by atoms with E-state index in [2.05, 4.69) is 106 Å². The Hall–Kier alpha value is -1.64. The van der Waals surface area contributed by atoms with E-state index < -0.39 is 0 Å². The number of unbranched alkanes of at least 4 members (excludes halogenated alkanes) is 2. The summed E-state index contributed by atoms with van der Waals surface area (Å²) in [6.45, 7) is 9.33. The maximum atomic E-state index is 3.89. The molecule has 0 aromatic heterocycles. The second-order valence-corrected chi connectivity index (χ2v) is 8.81. The van der Waals surface area contributed by atoms with Gasteiger partial charge < -0.3 is 5.32 Å². The van der Waals surface area contributed by atoms with Gasteiger partial charge in [0.1, 0.15) is 0 Å².